The molecular formula is C12H18N2O3S. The van der Waals surface area contributed by atoms with E-state index >= 15 is 0 Å². The van der Waals surface area contributed by atoms with Crippen LogP contribution in [0.5, 0.6) is 0 Å². The number of hydrogen-bond acceptors (Lipinski definition) is 4. The molecule has 0 saturated carbocycles. The van der Waals surface area contributed by atoms with E-state index in [0.29, 0.717) is 17.8 Å². The van der Waals surface area contributed by atoms with Gasteiger partial charge < -0.3 is 11.1 Å². The van der Waals surface area contributed by atoms with Gasteiger partial charge in [-0.1, -0.05) is 6.92 Å². The van der Waals surface area contributed by atoms with Gasteiger partial charge in [-0.2, -0.15) is 0 Å². The third kappa shape index (κ3) is 4.37. The Hall–Kier alpha value is -1.56. The van der Waals surface area contributed by atoms with Crippen molar-refractivity contribution in [3.05, 3.63) is 23.8 Å². The van der Waals surface area contributed by atoms with Crippen molar-refractivity contribution in [2.24, 2.45) is 0 Å². The number of sulfone groups is 1. The number of anilines is 2. The Kier molecular flexibility index (Phi) is 4.72. The number of nitrogens with one attached hydrogen (secondary N) is 1. The average Bonchev–Trinajstić information content (AvgIpc) is 2.21. The lowest BCUT2D eigenvalue weighted by Crippen LogP contribution is -2.24. The van der Waals surface area contributed by atoms with Gasteiger partial charge in [0.05, 0.1) is 5.75 Å². The SMILES string of the molecule is CCCS(=O)(=O)CC(=O)Nc1ccc(N)cc1C. The highest BCUT2D eigenvalue weighted by molar-refractivity contribution is 7.92. The van der Waals surface area contributed by atoms with Crippen LogP contribution >= 0.6 is 0 Å². The number of carbonyl (C=O) groups is 1. The number of aryl methyl sites for hydroxylation is 1. The molecule has 0 fully saturated rings. The highest BCUT2D eigenvalue weighted by atomic mass is 32.2. The van der Waals surface area contributed by atoms with Gasteiger partial charge in [0.2, 0.25) is 5.91 Å². The van der Waals surface area contributed by atoms with Gasteiger partial charge in [-0.15, -0.1) is 0 Å². The van der Waals surface area contributed by atoms with E-state index < -0.39 is 21.5 Å². The number of nitrogens with two attached hydrogens (primary N) is 1. The van der Waals surface area contributed by atoms with Gasteiger partial charge in [-0.05, 0) is 37.1 Å². The molecule has 3 N–H and O–H groups in total. The van der Waals surface area contributed by atoms with E-state index in [1.165, 1.54) is 0 Å². The highest BCUT2D eigenvalue weighted by Crippen LogP contribution is 2.17. The van der Waals surface area contributed by atoms with Crippen LogP contribution in [-0.2, 0) is 14.6 Å². The maximum Gasteiger partial charge on any atom is 0.239 e. The van der Waals surface area contributed by atoms with Gasteiger partial charge in [0.1, 0.15) is 5.75 Å². The number of nitrogen functional groups attached to an aromatic ring is 1. The predicted octanol–water partition coefficient (Wildman–Crippen LogP) is 1.34. The van der Waals surface area contributed by atoms with E-state index in [2.05, 4.69) is 5.32 Å². The molecule has 1 aromatic rings. The standard InChI is InChI=1S/C12H18N2O3S/c1-3-6-18(16,17)8-12(15)14-11-5-4-10(13)7-9(11)2/h4-5,7H,3,6,8,13H2,1-2H3,(H,14,15). The lowest BCUT2D eigenvalue weighted by atomic mass is 10.2. The maximum atomic E-state index is 11.6. The summed E-state index contributed by atoms with van der Waals surface area (Å²) < 4.78 is 23.0. The topological polar surface area (TPSA) is 89.3 Å². The average molecular weight is 270 g/mol. The van der Waals surface area contributed by atoms with Crippen molar-refractivity contribution in [3.8, 4) is 0 Å². The van der Waals surface area contributed by atoms with Gasteiger partial charge in [0.15, 0.2) is 9.84 Å². The highest BCUT2D eigenvalue weighted by Gasteiger charge is 2.16. The molecule has 1 aromatic carbocycles. The fraction of sp³-hybridized carbons (Fsp3) is 0.417. The van der Waals surface area contributed by atoms with E-state index in [0.717, 1.165) is 5.56 Å². The van der Waals surface area contributed by atoms with Crippen molar-refractivity contribution < 1.29 is 13.2 Å². The van der Waals surface area contributed by atoms with Crippen LogP contribution in [0.25, 0.3) is 0 Å². The number of rotatable bonds is 5. The Bertz CT molecular complexity index is 538. The second-order valence-electron chi connectivity index (χ2n) is 4.21. The molecular weight excluding hydrogens is 252 g/mol. The zero-order valence-corrected chi connectivity index (χ0v) is 11.4. The van der Waals surface area contributed by atoms with Crippen molar-refractivity contribution in [1.29, 1.82) is 0 Å². The molecule has 0 aliphatic heterocycles. The van der Waals surface area contributed by atoms with E-state index in [9.17, 15) is 13.2 Å². The lowest BCUT2D eigenvalue weighted by molar-refractivity contribution is -0.113. The van der Waals surface area contributed by atoms with Crippen molar-refractivity contribution in [3.63, 3.8) is 0 Å². The third-order valence-corrected chi connectivity index (χ3v) is 4.12. The van der Waals surface area contributed by atoms with Crippen molar-refractivity contribution in [1.82, 2.24) is 0 Å². The molecule has 0 spiro atoms. The Balaban J connectivity index is 2.71. The first-order chi connectivity index (χ1) is 8.34. The summed E-state index contributed by atoms with van der Waals surface area (Å²) in [6.07, 6.45) is 0.510. The largest absolute Gasteiger partial charge is 0.399 e. The second kappa shape index (κ2) is 5.86. The molecule has 0 radical (unpaired) electrons. The first kappa shape index (κ1) is 14.5. The molecule has 18 heavy (non-hydrogen) atoms. The van der Waals surface area contributed by atoms with Gasteiger partial charge >= 0.3 is 0 Å². The minimum absolute atomic E-state index is 0.0289. The summed E-state index contributed by atoms with van der Waals surface area (Å²) >= 11 is 0. The molecule has 0 aliphatic rings. The van der Waals surface area contributed by atoms with Crippen LogP contribution in [0.2, 0.25) is 0 Å². The van der Waals surface area contributed by atoms with Crippen molar-refractivity contribution >= 4 is 27.1 Å². The lowest BCUT2D eigenvalue weighted by Gasteiger charge is -2.09. The van der Waals surface area contributed by atoms with Crippen LogP contribution in [-0.4, -0.2) is 25.8 Å². The molecule has 0 atom stereocenters. The molecule has 0 aromatic heterocycles. The van der Waals surface area contributed by atoms with E-state index in [1.54, 1.807) is 32.0 Å². The van der Waals surface area contributed by atoms with Gasteiger partial charge in [-0.3, -0.25) is 4.79 Å². The van der Waals surface area contributed by atoms with E-state index in [4.69, 9.17) is 5.73 Å². The van der Waals surface area contributed by atoms with Crippen molar-refractivity contribution in [2.45, 2.75) is 20.3 Å². The Morgan fingerprint density at radius 3 is 2.61 bits per heavy atom. The van der Waals surface area contributed by atoms with E-state index in [1.807, 2.05) is 0 Å². The molecule has 0 unspecified atom stereocenters. The summed E-state index contributed by atoms with van der Waals surface area (Å²) in [5.74, 6) is -0.970. The molecule has 0 heterocycles. The first-order valence-electron chi connectivity index (χ1n) is 5.70. The van der Waals surface area contributed by atoms with Crippen LogP contribution in [0.4, 0.5) is 11.4 Å². The number of carbonyl (C=O) groups excluding carboxylic acids is 1. The zero-order chi connectivity index (χ0) is 13.8. The van der Waals surface area contributed by atoms with Gasteiger partial charge in [0, 0.05) is 11.4 Å². The molecule has 0 bridgehead atoms. The summed E-state index contributed by atoms with van der Waals surface area (Å²) in [5.41, 5.74) is 7.58. The molecule has 6 heteroatoms. The van der Waals surface area contributed by atoms with E-state index in [-0.39, 0.29) is 5.75 Å². The molecule has 1 amide bonds. The maximum absolute atomic E-state index is 11.6. The second-order valence-corrected chi connectivity index (χ2v) is 6.40. The first-order valence-corrected chi connectivity index (χ1v) is 7.52. The van der Waals surface area contributed by atoms with Crippen LogP contribution < -0.4 is 11.1 Å². The number of amides is 1. The smallest absolute Gasteiger partial charge is 0.239 e. The molecule has 100 valence electrons. The normalized spacial score (nSPS) is 11.2. The summed E-state index contributed by atoms with van der Waals surface area (Å²) in [6, 6.07) is 5.04. The molecule has 5 nitrogen and oxygen atoms in total. The predicted molar refractivity (Wildman–Crippen MR) is 73.2 cm³/mol. The summed E-state index contributed by atoms with van der Waals surface area (Å²) in [6.45, 7) is 3.56. The molecule has 1 rings (SSSR count). The number of benzene rings is 1. The zero-order valence-electron chi connectivity index (χ0n) is 10.6. The van der Waals surface area contributed by atoms with Crippen LogP contribution in [0.3, 0.4) is 0 Å². The Morgan fingerprint density at radius 2 is 2.06 bits per heavy atom. The fourth-order valence-corrected chi connectivity index (χ4v) is 2.83. The monoisotopic (exact) mass is 270 g/mol. The van der Waals surface area contributed by atoms with Crippen LogP contribution in [0.1, 0.15) is 18.9 Å². The quantitative estimate of drug-likeness (QED) is 0.790. The fourth-order valence-electron chi connectivity index (χ4n) is 1.60. The summed E-state index contributed by atoms with van der Waals surface area (Å²) in [5, 5.41) is 2.58. The number of hydrogen-bond donors (Lipinski definition) is 2. The van der Waals surface area contributed by atoms with Gasteiger partial charge in [0.25, 0.3) is 0 Å². The van der Waals surface area contributed by atoms with Crippen molar-refractivity contribution in [2.75, 3.05) is 22.6 Å². The summed E-state index contributed by atoms with van der Waals surface area (Å²) in [4.78, 5) is 11.6. The third-order valence-electron chi connectivity index (χ3n) is 2.39. The summed E-state index contributed by atoms with van der Waals surface area (Å²) in [7, 11) is -3.31. The van der Waals surface area contributed by atoms with Gasteiger partial charge in [-0.25, -0.2) is 8.42 Å². The molecule has 0 aliphatic carbocycles. The van der Waals surface area contributed by atoms with Crippen LogP contribution in [0.15, 0.2) is 18.2 Å². The minimum Gasteiger partial charge on any atom is -0.399 e. The van der Waals surface area contributed by atoms with Crippen LogP contribution in [0, 0.1) is 6.92 Å². The molecule has 0 saturated heterocycles. The Labute approximate surface area is 107 Å². The Morgan fingerprint density at radius 1 is 1.39 bits per heavy atom. The minimum atomic E-state index is -3.31.